The Labute approximate surface area is 187 Å². The van der Waals surface area contributed by atoms with Crippen LogP contribution in [0.25, 0.3) is 0 Å². The summed E-state index contributed by atoms with van der Waals surface area (Å²) in [6, 6.07) is 10.5. The van der Waals surface area contributed by atoms with Gasteiger partial charge in [-0.05, 0) is 43.3 Å². The first-order valence-corrected chi connectivity index (χ1v) is 9.95. The summed E-state index contributed by atoms with van der Waals surface area (Å²) >= 11 is 0. The molecule has 1 aliphatic heterocycles. The van der Waals surface area contributed by atoms with Crippen molar-refractivity contribution in [2.24, 2.45) is 0 Å². The quantitative estimate of drug-likeness (QED) is 0.410. The molecule has 0 saturated carbocycles. The van der Waals surface area contributed by atoms with Gasteiger partial charge in [-0.15, -0.1) is 0 Å². The summed E-state index contributed by atoms with van der Waals surface area (Å²) in [5.74, 6) is -1.81. The largest absolute Gasteiger partial charge is 0.457 e. The van der Waals surface area contributed by atoms with E-state index in [-0.39, 0.29) is 43.1 Å². The highest BCUT2D eigenvalue weighted by Crippen LogP contribution is 2.24. The fraction of sp³-hybridized carbons (Fsp3) is 0.182. The second-order valence-corrected chi connectivity index (χ2v) is 7.29. The van der Waals surface area contributed by atoms with Gasteiger partial charge in [0.15, 0.2) is 12.4 Å². The SMILES string of the molecule is Cc1ccc2c(c1)C(=O)N(CCC(=O)OCc1nc(N)nc(Nc3ccc(F)cc3)n1)C2=O. The molecule has 1 aromatic heterocycles. The van der Waals surface area contributed by atoms with Crippen LogP contribution in [0.5, 0.6) is 0 Å². The number of nitrogen functional groups attached to an aromatic ring is 1. The average Bonchev–Trinajstić information content (AvgIpc) is 3.01. The monoisotopic (exact) mass is 450 g/mol. The average molecular weight is 450 g/mol. The lowest BCUT2D eigenvalue weighted by atomic mass is 10.1. The van der Waals surface area contributed by atoms with E-state index in [1.807, 2.05) is 6.92 Å². The summed E-state index contributed by atoms with van der Waals surface area (Å²) in [6.07, 6.45) is -0.189. The molecule has 2 amide bonds. The number of imide groups is 1. The standard InChI is InChI=1S/C22H19FN6O4/c1-12-2-7-15-16(10-12)20(32)29(19(15)31)9-8-18(30)33-11-17-26-21(24)28-22(27-17)25-14-5-3-13(23)4-6-14/h2-7,10H,8-9,11H2,1H3,(H3,24,25,26,27,28). The zero-order chi connectivity index (χ0) is 23.5. The smallest absolute Gasteiger partial charge is 0.308 e. The van der Waals surface area contributed by atoms with Crippen LogP contribution in [0.4, 0.5) is 22.0 Å². The van der Waals surface area contributed by atoms with E-state index in [4.69, 9.17) is 10.5 Å². The second-order valence-electron chi connectivity index (χ2n) is 7.29. The summed E-state index contributed by atoms with van der Waals surface area (Å²) in [7, 11) is 0. The van der Waals surface area contributed by atoms with Gasteiger partial charge < -0.3 is 15.8 Å². The zero-order valence-electron chi connectivity index (χ0n) is 17.5. The third-order valence-electron chi connectivity index (χ3n) is 4.83. The van der Waals surface area contributed by atoms with Gasteiger partial charge in [0.2, 0.25) is 11.9 Å². The van der Waals surface area contributed by atoms with Gasteiger partial charge >= 0.3 is 5.97 Å². The van der Waals surface area contributed by atoms with Gasteiger partial charge in [-0.1, -0.05) is 11.6 Å². The maximum atomic E-state index is 13.0. The second kappa shape index (κ2) is 8.99. The number of nitrogens with zero attached hydrogens (tertiary/aromatic N) is 4. The number of hydrogen-bond acceptors (Lipinski definition) is 9. The normalized spacial score (nSPS) is 12.6. The molecule has 4 rings (SSSR count). The predicted molar refractivity (Wildman–Crippen MR) is 115 cm³/mol. The molecule has 0 bridgehead atoms. The highest BCUT2D eigenvalue weighted by molar-refractivity contribution is 6.21. The lowest BCUT2D eigenvalue weighted by molar-refractivity contribution is -0.145. The number of fused-ring (bicyclic) bond motifs is 1. The first-order chi connectivity index (χ1) is 15.8. The lowest BCUT2D eigenvalue weighted by Crippen LogP contribution is -2.32. The molecule has 0 radical (unpaired) electrons. The zero-order valence-corrected chi connectivity index (χ0v) is 17.5. The van der Waals surface area contributed by atoms with Gasteiger partial charge in [0.25, 0.3) is 11.8 Å². The first-order valence-electron chi connectivity index (χ1n) is 9.95. The van der Waals surface area contributed by atoms with Gasteiger partial charge in [0, 0.05) is 12.2 Å². The number of hydrogen-bond donors (Lipinski definition) is 2. The number of carbonyl (C=O) groups excluding carboxylic acids is 3. The fourth-order valence-corrected chi connectivity index (χ4v) is 3.25. The molecule has 1 aliphatic rings. The molecular formula is C22H19FN6O4. The van der Waals surface area contributed by atoms with E-state index in [0.29, 0.717) is 16.8 Å². The number of nitrogens with one attached hydrogen (secondary N) is 1. The van der Waals surface area contributed by atoms with Gasteiger partial charge in [-0.25, -0.2) is 4.39 Å². The third kappa shape index (κ3) is 4.92. The van der Waals surface area contributed by atoms with Gasteiger partial charge in [-0.3, -0.25) is 19.3 Å². The number of amides is 2. The van der Waals surface area contributed by atoms with Crippen LogP contribution in [0.1, 0.15) is 38.5 Å². The van der Waals surface area contributed by atoms with Crippen molar-refractivity contribution in [2.75, 3.05) is 17.6 Å². The van der Waals surface area contributed by atoms with Crippen LogP contribution in [0.15, 0.2) is 42.5 Å². The molecule has 11 heteroatoms. The molecule has 0 atom stereocenters. The molecule has 2 aromatic carbocycles. The van der Waals surface area contributed by atoms with Crippen LogP contribution >= 0.6 is 0 Å². The summed E-state index contributed by atoms with van der Waals surface area (Å²) in [5, 5.41) is 2.85. The minimum Gasteiger partial charge on any atom is -0.457 e. The van der Waals surface area contributed by atoms with Crippen LogP contribution in [0.3, 0.4) is 0 Å². The van der Waals surface area contributed by atoms with E-state index < -0.39 is 17.8 Å². The number of rotatable bonds is 7. The molecule has 3 N–H and O–H groups in total. The van der Waals surface area contributed by atoms with E-state index in [0.717, 1.165) is 10.5 Å². The fourth-order valence-electron chi connectivity index (χ4n) is 3.25. The number of benzene rings is 2. The van der Waals surface area contributed by atoms with E-state index >= 15 is 0 Å². The van der Waals surface area contributed by atoms with Crippen LogP contribution in [0.2, 0.25) is 0 Å². The maximum Gasteiger partial charge on any atom is 0.308 e. The summed E-state index contributed by atoms with van der Waals surface area (Å²) in [5.41, 5.74) is 7.72. The Bertz CT molecular complexity index is 1250. The Hall–Kier alpha value is -4.41. The highest BCUT2D eigenvalue weighted by Gasteiger charge is 2.35. The van der Waals surface area contributed by atoms with Gasteiger partial charge in [0.05, 0.1) is 17.5 Å². The molecule has 0 aliphatic carbocycles. The van der Waals surface area contributed by atoms with E-state index in [2.05, 4.69) is 20.3 Å². The topological polar surface area (TPSA) is 140 Å². The van der Waals surface area contributed by atoms with Crippen molar-refractivity contribution in [3.05, 3.63) is 70.8 Å². The Balaban J connectivity index is 1.33. The Kier molecular flexibility index (Phi) is 5.94. The molecular weight excluding hydrogens is 431 g/mol. The number of carbonyl (C=O) groups is 3. The molecule has 3 aromatic rings. The van der Waals surface area contributed by atoms with Gasteiger partial charge in [0.1, 0.15) is 5.82 Å². The molecule has 168 valence electrons. The van der Waals surface area contributed by atoms with Crippen molar-refractivity contribution in [1.82, 2.24) is 19.9 Å². The van der Waals surface area contributed by atoms with Crippen molar-refractivity contribution in [3.63, 3.8) is 0 Å². The van der Waals surface area contributed by atoms with E-state index in [1.165, 1.54) is 24.3 Å². The first kappa shape index (κ1) is 21.8. The number of aryl methyl sites for hydroxylation is 1. The number of nitrogens with two attached hydrogens (primary N) is 1. The van der Waals surface area contributed by atoms with Crippen molar-refractivity contribution in [2.45, 2.75) is 20.0 Å². The molecule has 0 unspecified atom stereocenters. The molecule has 10 nitrogen and oxygen atoms in total. The van der Waals surface area contributed by atoms with Crippen LogP contribution in [-0.4, -0.2) is 44.2 Å². The van der Waals surface area contributed by atoms with Crippen LogP contribution in [0, 0.1) is 12.7 Å². The Morgan fingerprint density at radius 3 is 2.55 bits per heavy atom. The molecule has 2 heterocycles. The van der Waals surface area contributed by atoms with Crippen molar-refractivity contribution in [1.29, 1.82) is 0 Å². The number of esters is 1. The number of anilines is 3. The number of halogens is 1. The summed E-state index contributed by atoms with van der Waals surface area (Å²) in [6.45, 7) is 1.43. The highest BCUT2D eigenvalue weighted by atomic mass is 19.1. The lowest BCUT2D eigenvalue weighted by Gasteiger charge is -2.13. The maximum absolute atomic E-state index is 13.0. The van der Waals surface area contributed by atoms with Crippen molar-refractivity contribution >= 4 is 35.4 Å². The molecule has 33 heavy (non-hydrogen) atoms. The number of ether oxygens (including phenoxy) is 1. The van der Waals surface area contributed by atoms with Gasteiger partial charge in [-0.2, -0.15) is 15.0 Å². The minimum absolute atomic E-state index is 0.0941. The predicted octanol–water partition coefficient (Wildman–Crippen LogP) is 2.37. The van der Waals surface area contributed by atoms with Crippen LogP contribution in [-0.2, 0) is 16.1 Å². The Morgan fingerprint density at radius 1 is 1.06 bits per heavy atom. The molecule has 0 saturated heterocycles. The van der Waals surface area contributed by atoms with E-state index in [9.17, 15) is 18.8 Å². The Morgan fingerprint density at radius 2 is 1.79 bits per heavy atom. The molecule has 0 fully saturated rings. The minimum atomic E-state index is -0.644. The summed E-state index contributed by atoms with van der Waals surface area (Å²) < 4.78 is 18.2. The summed E-state index contributed by atoms with van der Waals surface area (Å²) in [4.78, 5) is 50.1. The third-order valence-corrected chi connectivity index (χ3v) is 4.83. The number of aromatic nitrogens is 3. The van der Waals surface area contributed by atoms with Crippen LogP contribution < -0.4 is 11.1 Å². The van der Waals surface area contributed by atoms with Crippen molar-refractivity contribution < 1.29 is 23.5 Å². The van der Waals surface area contributed by atoms with Crippen molar-refractivity contribution in [3.8, 4) is 0 Å². The van der Waals surface area contributed by atoms with E-state index in [1.54, 1.807) is 18.2 Å². The molecule has 0 spiro atoms.